The molecule has 0 N–H and O–H groups in total. The Kier molecular flexibility index (Phi) is 5.76. The van der Waals surface area contributed by atoms with Gasteiger partial charge in [-0.2, -0.15) is 8.42 Å². The normalized spacial score (nSPS) is 34.8. The largest absolute Gasteiger partial charge is 0.353 e. The van der Waals surface area contributed by atoms with Crippen LogP contribution in [0.1, 0.15) is 5.56 Å². The van der Waals surface area contributed by atoms with Crippen LogP contribution in [-0.4, -0.2) is 72.5 Å². The predicted octanol–water partition coefficient (Wildman–Crippen LogP) is 0.556. The van der Waals surface area contributed by atoms with Crippen molar-refractivity contribution in [2.75, 3.05) is 33.6 Å². The first-order chi connectivity index (χ1) is 13.0. The van der Waals surface area contributed by atoms with Crippen molar-refractivity contribution in [1.29, 1.82) is 0 Å². The van der Waals surface area contributed by atoms with E-state index in [2.05, 4.69) is 0 Å². The summed E-state index contributed by atoms with van der Waals surface area (Å²) in [6, 6.07) is 6.44. The van der Waals surface area contributed by atoms with E-state index < -0.39 is 34.5 Å². The summed E-state index contributed by atoms with van der Waals surface area (Å²) in [6.07, 6.45) is -2.87. The minimum absolute atomic E-state index is 0.0176. The van der Waals surface area contributed by atoms with E-state index in [9.17, 15) is 8.42 Å². The van der Waals surface area contributed by atoms with Gasteiger partial charge in [-0.1, -0.05) is 17.7 Å². The molecule has 150 valence electrons. The summed E-state index contributed by atoms with van der Waals surface area (Å²) in [7, 11) is -3.99. The summed E-state index contributed by atoms with van der Waals surface area (Å²) in [6.45, 7) is 2.48. The van der Waals surface area contributed by atoms with Crippen LogP contribution in [0.4, 0.5) is 0 Å². The van der Waals surface area contributed by atoms with Crippen LogP contribution in [0.2, 0.25) is 0 Å². The third kappa shape index (κ3) is 4.17. The molecule has 0 aromatic heterocycles. The van der Waals surface area contributed by atoms with Crippen molar-refractivity contribution in [3.05, 3.63) is 29.8 Å². The number of hydrogen-bond donors (Lipinski definition) is 0. The van der Waals surface area contributed by atoms with Crippen LogP contribution < -0.4 is 0 Å². The number of fused-ring (bicyclic) bond motifs is 1. The number of aryl methyl sites for hydroxylation is 1. The van der Waals surface area contributed by atoms with Crippen LogP contribution >= 0.6 is 0 Å². The van der Waals surface area contributed by atoms with E-state index in [-0.39, 0.29) is 38.0 Å². The molecule has 3 aliphatic heterocycles. The summed E-state index contributed by atoms with van der Waals surface area (Å²) in [5.41, 5.74) is 0.953. The smallest absolute Gasteiger partial charge is 0.297 e. The Bertz CT molecular complexity index is 733. The second-order valence-corrected chi connectivity index (χ2v) is 8.17. The Balaban J connectivity index is 1.53. The Morgan fingerprint density at radius 1 is 0.852 bits per heavy atom. The average Bonchev–Trinajstić information content (AvgIpc) is 2.68. The molecule has 9 nitrogen and oxygen atoms in total. The minimum atomic E-state index is -3.99. The number of hydrogen-bond acceptors (Lipinski definition) is 9. The lowest BCUT2D eigenvalue weighted by molar-refractivity contribution is -0.332. The first-order valence-corrected chi connectivity index (χ1v) is 10.1. The predicted molar refractivity (Wildman–Crippen MR) is 89.2 cm³/mol. The van der Waals surface area contributed by atoms with Crippen LogP contribution in [0.25, 0.3) is 0 Å². The van der Waals surface area contributed by atoms with Gasteiger partial charge in [-0.25, -0.2) is 0 Å². The van der Waals surface area contributed by atoms with Crippen LogP contribution in [-0.2, 0) is 42.7 Å². The van der Waals surface area contributed by atoms with Crippen LogP contribution in [0, 0.1) is 6.92 Å². The molecular weight excluding hydrogens is 380 g/mol. The van der Waals surface area contributed by atoms with E-state index in [1.807, 2.05) is 6.92 Å². The van der Waals surface area contributed by atoms with Gasteiger partial charge in [0.05, 0.1) is 18.1 Å². The van der Waals surface area contributed by atoms with Gasteiger partial charge in [0.25, 0.3) is 10.1 Å². The lowest BCUT2D eigenvalue weighted by atomic mass is 9.97. The SMILES string of the molecule is Cc1ccc(S(=O)(=O)O[C@@H]2COCO[C@@H]2[C@H]2OCO[C@@H]3COCO[C@H]23)cc1. The first-order valence-electron chi connectivity index (χ1n) is 8.66. The molecular formula is C17H22O9S. The Morgan fingerprint density at radius 3 is 2.30 bits per heavy atom. The van der Waals surface area contributed by atoms with Gasteiger partial charge in [0, 0.05) is 0 Å². The highest BCUT2D eigenvalue weighted by atomic mass is 32.2. The molecule has 0 unspecified atom stereocenters. The fraction of sp³-hybridized carbons (Fsp3) is 0.647. The van der Waals surface area contributed by atoms with E-state index in [4.69, 9.17) is 32.6 Å². The number of benzene rings is 1. The van der Waals surface area contributed by atoms with E-state index in [0.717, 1.165) is 5.56 Å². The summed E-state index contributed by atoms with van der Waals surface area (Å²) in [4.78, 5) is 0.0745. The molecule has 0 radical (unpaired) electrons. The third-order valence-corrected chi connectivity index (χ3v) is 6.08. The van der Waals surface area contributed by atoms with E-state index in [0.29, 0.717) is 6.61 Å². The van der Waals surface area contributed by atoms with Gasteiger partial charge in [0.15, 0.2) is 0 Å². The van der Waals surface area contributed by atoms with Crippen LogP contribution in [0.15, 0.2) is 29.2 Å². The Hall–Kier alpha value is -1.11. The van der Waals surface area contributed by atoms with Crippen LogP contribution in [0.3, 0.4) is 0 Å². The minimum Gasteiger partial charge on any atom is -0.353 e. The van der Waals surface area contributed by atoms with Gasteiger partial charge < -0.3 is 28.4 Å². The highest BCUT2D eigenvalue weighted by Crippen LogP contribution is 2.30. The van der Waals surface area contributed by atoms with Gasteiger partial charge in [0.1, 0.15) is 50.9 Å². The summed E-state index contributed by atoms with van der Waals surface area (Å²) >= 11 is 0. The number of ether oxygens (including phenoxy) is 6. The fourth-order valence-electron chi connectivity index (χ4n) is 3.33. The van der Waals surface area contributed by atoms with Crippen molar-refractivity contribution >= 4 is 10.1 Å². The van der Waals surface area contributed by atoms with Gasteiger partial charge in [0.2, 0.25) is 0 Å². The van der Waals surface area contributed by atoms with Gasteiger partial charge in [-0.3, -0.25) is 4.18 Å². The zero-order chi connectivity index (χ0) is 18.9. The summed E-state index contributed by atoms with van der Waals surface area (Å²) in [5, 5.41) is 0. The lowest BCUT2D eigenvalue weighted by Gasteiger charge is -2.45. The van der Waals surface area contributed by atoms with Crippen molar-refractivity contribution in [1.82, 2.24) is 0 Å². The second kappa shape index (κ2) is 8.10. The number of rotatable bonds is 4. The summed E-state index contributed by atoms with van der Waals surface area (Å²) < 4.78 is 63.8. The highest BCUT2D eigenvalue weighted by molar-refractivity contribution is 7.86. The summed E-state index contributed by atoms with van der Waals surface area (Å²) in [5.74, 6) is 0. The maximum absolute atomic E-state index is 12.7. The van der Waals surface area contributed by atoms with Gasteiger partial charge in [-0.15, -0.1) is 0 Å². The zero-order valence-corrected chi connectivity index (χ0v) is 15.6. The monoisotopic (exact) mass is 402 g/mol. The highest BCUT2D eigenvalue weighted by Gasteiger charge is 2.48. The lowest BCUT2D eigenvalue weighted by Crippen LogP contribution is -2.61. The first kappa shape index (κ1) is 19.2. The molecule has 5 atom stereocenters. The quantitative estimate of drug-likeness (QED) is 0.669. The maximum atomic E-state index is 12.7. The molecule has 3 aliphatic rings. The fourth-order valence-corrected chi connectivity index (χ4v) is 4.40. The van der Waals surface area contributed by atoms with Crippen molar-refractivity contribution in [2.45, 2.75) is 42.3 Å². The van der Waals surface area contributed by atoms with E-state index in [1.165, 1.54) is 12.1 Å². The second-order valence-electron chi connectivity index (χ2n) is 6.60. The standard InChI is InChI=1S/C17H22O9S/c1-11-2-4-12(5-3-11)27(18,19)26-14-7-21-9-24-16(14)17-15-13(22-10-25-17)6-20-8-23-15/h2-5,13-17H,6-10H2,1H3/t13-,14-,15+,16+,17+/m1/s1. The van der Waals surface area contributed by atoms with Crippen molar-refractivity contribution in [2.24, 2.45) is 0 Å². The molecule has 0 bridgehead atoms. The molecule has 0 amide bonds. The molecule has 0 spiro atoms. The van der Waals surface area contributed by atoms with Crippen molar-refractivity contribution in [3.63, 3.8) is 0 Å². The van der Waals surface area contributed by atoms with E-state index in [1.54, 1.807) is 12.1 Å². The zero-order valence-electron chi connectivity index (χ0n) is 14.8. The topological polar surface area (TPSA) is 98.8 Å². The Morgan fingerprint density at radius 2 is 1.52 bits per heavy atom. The molecule has 3 heterocycles. The molecule has 3 saturated heterocycles. The molecule has 4 rings (SSSR count). The third-order valence-electron chi connectivity index (χ3n) is 4.73. The van der Waals surface area contributed by atoms with Gasteiger partial charge >= 0.3 is 0 Å². The molecule has 3 fully saturated rings. The molecule has 0 aliphatic carbocycles. The molecule has 10 heteroatoms. The maximum Gasteiger partial charge on any atom is 0.297 e. The molecule has 1 aromatic carbocycles. The average molecular weight is 402 g/mol. The molecule has 1 aromatic rings. The van der Waals surface area contributed by atoms with Crippen LogP contribution in [0.5, 0.6) is 0 Å². The van der Waals surface area contributed by atoms with Crippen molar-refractivity contribution in [3.8, 4) is 0 Å². The van der Waals surface area contributed by atoms with Gasteiger partial charge in [-0.05, 0) is 19.1 Å². The van der Waals surface area contributed by atoms with Crippen molar-refractivity contribution < 1.29 is 41.0 Å². The van der Waals surface area contributed by atoms with E-state index >= 15 is 0 Å². The molecule has 0 saturated carbocycles. The Labute approximate surface area is 157 Å². The molecule has 27 heavy (non-hydrogen) atoms.